The van der Waals surface area contributed by atoms with E-state index in [4.69, 9.17) is 27.5 Å². The predicted octanol–water partition coefficient (Wildman–Crippen LogP) is 2.67. The number of carboxylic acid groups (broad SMARTS) is 1. The average Bonchev–Trinajstić information content (AvgIpc) is 2.81. The Morgan fingerprint density at radius 2 is 1.79 bits per heavy atom. The zero-order chi connectivity index (χ0) is 24.7. The van der Waals surface area contributed by atoms with E-state index >= 15 is 0 Å². The molecule has 0 aromatic heterocycles. The first-order chi connectivity index (χ1) is 16.3. The number of amidine groups is 1. The number of aliphatic carboxylic acids is 1. The predicted molar refractivity (Wildman–Crippen MR) is 127 cm³/mol. The van der Waals surface area contributed by atoms with Crippen LogP contribution < -0.4 is 10.5 Å². The van der Waals surface area contributed by atoms with Gasteiger partial charge >= 0.3 is 17.8 Å². The van der Waals surface area contributed by atoms with Crippen LogP contribution >= 0.6 is 11.6 Å². The van der Waals surface area contributed by atoms with Gasteiger partial charge in [-0.1, -0.05) is 29.8 Å². The molecule has 1 heterocycles. The smallest absolute Gasteiger partial charge is 0.312 e. The van der Waals surface area contributed by atoms with Crippen LogP contribution in [0.1, 0.15) is 36.4 Å². The average molecular weight is 487 g/mol. The third-order valence-electron chi connectivity index (χ3n) is 5.61. The summed E-state index contributed by atoms with van der Waals surface area (Å²) >= 11 is 6.25. The number of nitrogens with zero attached hydrogens (tertiary/aromatic N) is 2. The molecule has 1 saturated heterocycles. The SMILES string of the molecule is N=C(N)c1ccc(OCCCCN2CCN(C(CC(=O)O)c3ccccc3Cl)C(=O)C2=O)cc1. The second kappa shape index (κ2) is 11.5. The van der Waals surface area contributed by atoms with Crippen LogP contribution in [0.15, 0.2) is 48.5 Å². The summed E-state index contributed by atoms with van der Waals surface area (Å²) in [5.74, 6) is -1.79. The lowest BCUT2D eigenvalue weighted by atomic mass is 10.0. The van der Waals surface area contributed by atoms with Crippen LogP contribution in [0.5, 0.6) is 5.75 Å². The van der Waals surface area contributed by atoms with E-state index in [0.717, 1.165) is 0 Å². The van der Waals surface area contributed by atoms with E-state index in [-0.39, 0.29) is 18.8 Å². The molecule has 2 aromatic carbocycles. The van der Waals surface area contributed by atoms with E-state index in [2.05, 4.69) is 0 Å². The Hall–Kier alpha value is -3.59. The first-order valence-corrected chi connectivity index (χ1v) is 11.3. The molecule has 0 bridgehead atoms. The number of unbranched alkanes of at least 4 members (excludes halogenated alkanes) is 1. The minimum Gasteiger partial charge on any atom is -0.494 e. The van der Waals surface area contributed by atoms with Gasteiger partial charge in [0.15, 0.2) is 0 Å². The highest BCUT2D eigenvalue weighted by molar-refractivity contribution is 6.35. The number of benzene rings is 2. The highest BCUT2D eigenvalue weighted by atomic mass is 35.5. The van der Waals surface area contributed by atoms with Crippen LogP contribution in [0.3, 0.4) is 0 Å². The van der Waals surface area contributed by atoms with Crippen molar-refractivity contribution in [2.75, 3.05) is 26.2 Å². The van der Waals surface area contributed by atoms with Crippen LogP contribution in [0.4, 0.5) is 0 Å². The Bertz CT molecular complexity index is 1060. The Balaban J connectivity index is 1.51. The molecule has 1 unspecified atom stereocenters. The van der Waals surface area contributed by atoms with E-state index in [1.165, 1.54) is 9.80 Å². The summed E-state index contributed by atoms with van der Waals surface area (Å²) in [4.78, 5) is 39.8. The number of carbonyl (C=O) groups is 3. The molecule has 1 fully saturated rings. The van der Waals surface area contributed by atoms with Gasteiger partial charge in [0, 0.05) is 30.2 Å². The van der Waals surface area contributed by atoms with Crippen molar-refractivity contribution in [2.24, 2.45) is 5.73 Å². The van der Waals surface area contributed by atoms with Gasteiger partial charge in [-0.25, -0.2) is 0 Å². The number of nitrogens with one attached hydrogen (secondary N) is 1. The number of piperazine rings is 1. The van der Waals surface area contributed by atoms with Gasteiger partial charge in [0.1, 0.15) is 11.6 Å². The maximum Gasteiger partial charge on any atom is 0.312 e. The van der Waals surface area contributed by atoms with Crippen molar-refractivity contribution in [1.82, 2.24) is 9.80 Å². The number of hydrogen-bond acceptors (Lipinski definition) is 5. The summed E-state index contributed by atoms with van der Waals surface area (Å²) in [6.07, 6.45) is 0.985. The zero-order valence-electron chi connectivity index (χ0n) is 18.6. The molecule has 2 amide bonds. The van der Waals surface area contributed by atoms with Crippen LogP contribution in [0.2, 0.25) is 5.02 Å². The molecule has 0 aliphatic carbocycles. The normalized spacial score (nSPS) is 14.7. The van der Waals surface area contributed by atoms with Crippen molar-refractivity contribution < 1.29 is 24.2 Å². The molecule has 0 spiro atoms. The molecule has 34 heavy (non-hydrogen) atoms. The Morgan fingerprint density at radius 3 is 2.44 bits per heavy atom. The lowest BCUT2D eigenvalue weighted by Gasteiger charge is -2.38. The third-order valence-corrected chi connectivity index (χ3v) is 5.95. The van der Waals surface area contributed by atoms with E-state index < -0.39 is 23.8 Å². The third kappa shape index (κ3) is 6.26. The summed E-state index contributed by atoms with van der Waals surface area (Å²) < 4.78 is 5.67. The number of carboxylic acids is 1. The fraction of sp³-hybridized carbons (Fsp3) is 0.333. The first kappa shape index (κ1) is 25.0. The number of halogens is 1. The number of amides is 2. The van der Waals surface area contributed by atoms with Gasteiger partial charge in [0.25, 0.3) is 0 Å². The lowest BCUT2D eigenvalue weighted by molar-refractivity contribution is -0.159. The number of nitrogen functional groups attached to an aromatic ring is 1. The zero-order valence-corrected chi connectivity index (χ0v) is 19.3. The maximum absolute atomic E-state index is 12.8. The van der Waals surface area contributed by atoms with Crippen molar-refractivity contribution in [3.8, 4) is 5.75 Å². The number of ether oxygens (including phenoxy) is 1. The fourth-order valence-electron chi connectivity index (χ4n) is 3.82. The van der Waals surface area contributed by atoms with Crippen molar-refractivity contribution in [3.63, 3.8) is 0 Å². The van der Waals surface area contributed by atoms with E-state index in [9.17, 15) is 19.5 Å². The molecule has 4 N–H and O–H groups in total. The minimum absolute atomic E-state index is 0.00740. The van der Waals surface area contributed by atoms with Crippen LogP contribution in [0, 0.1) is 5.41 Å². The van der Waals surface area contributed by atoms with Crippen LogP contribution in [0.25, 0.3) is 0 Å². The Kier molecular flexibility index (Phi) is 8.48. The highest BCUT2D eigenvalue weighted by Crippen LogP contribution is 2.31. The van der Waals surface area contributed by atoms with Crippen LogP contribution in [-0.2, 0) is 14.4 Å². The second-order valence-electron chi connectivity index (χ2n) is 7.92. The number of nitrogens with two attached hydrogens (primary N) is 1. The molecular weight excluding hydrogens is 460 g/mol. The van der Waals surface area contributed by atoms with Crippen molar-refractivity contribution >= 4 is 35.2 Å². The molecular formula is C24H27ClN4O5. The lowest BCUT2D eigenvalue weighted by Crippen LogP contribution is -2.55. The second-order valence-corrected chi connectivity index (χ2v) is 8.33. The maximum atomic E-state index is 12.8. The van der Waals surface area contributed by atoms with Gasteiger partial charge in [-0.2, -0.15) is 0 Å². The van der Waals surface area contributed by atoms with Crippen molar-refractivity contribution in [1.29, 1.82) is 5.41 Å². The summed E-state index contributed by atoms with van der Waals surface area (Å²) in [5.41, 5.74) is 6.56. The molecule has 0 saturated carbocycles. The van der Waals surface area contributed by atoms with E-state index in [0.29, 0.717) is 54.4 Å². The summed E-state index contributed by atoms with van der Waals surface area (Å²) in [6, 6.07) is 12.8. The van der Waals surface area contributed by atoms with Gasteiger partial charge in [-0.15, -0.1) is 0 Å². The minimum atomic E-state index is -1.08. The Labute approximate surface area is 202 Å². The molecule has 10 heteroatoms. The van der Waals surface area contributed by atoms with Crippen molar-refractivity contribution in [2.45, 2.75) is 25.3 Å². The molecule has 9 nitrogen and oxygen atoms in total. The summed E-state index contributed by atoms with van der Waals surface area (Å²) in [7, 11) is 0. The largest absolute Gasteiger partial charge is 0.494 e. The first-order valence-electron chi connectivity index (χ1n) is 10.9. The Morgan fingerprint density at radius 1 is 1.09 bits per heavy atom. The molecule has 1 aliphatic rings. The fourth-order valence-corrected chi connectivity index (χ4v) is 4.09. The van der Waals surface area contributed by atoms with Gasteiger partial charge in [-0.05, 0) is 48.7 Å². The molecule has 0 radical (unpaired) electrons. The number of rotatable bonds is 11. The van der Waals surface area contributed by atoms with E-state index in [1.807, 2.05) is 0 Å². The molecule has 180 valence electrons. The monoisotopic (exact) mass is 486 g/mol. The van der Waals surface area contributed by atoms with Crippen molar-refractivity contribution in [3.05, 3.63) is 64.7 Å². The summed E-state index contributed by atoms with van der Waals surface area (Å²) in [5, 5.41) is 17.1. The number of carbonyl (C=O) groups excluding carboxylic acids is 2. The van der Waals surface area contributed by atoms with Gasteiger partial charge in [0.2, 0.25) is 0 Å². The van der Waals surface area contributed by atoms with Gasteiger partial charge < -0.3 is 25.4 Å². The molecule has 1 atom stereocenters. The standard InChI is InChI=1S/C24H27ClN4O5/c25-19-6-2-1-5-18(19)20(15-21(30)31)29-13-12-28(23(32)24(29)33)11-3-4-14-34-17-9-7-16(8-10-17)22(26)27/h1-2,5-10,20H,3-4,11-15H2,(H3,26,27)(H,30,31). The topological polar surface area (TPSA) is 137 Å². The molecule has 3 rings (SSSR count). The number of hydrogen-bond donors (Lipinski definition) is 3. The van der Waals surface area contributed by atoms with Crippen LogP contribution in [-0.4, -0.2) is 64.8 Å². The quantitative estimate of drug-likeness (QED) is 0.193. The summed E-state index contributed by atoms with van der Waals surface area (Å²) in [6.45, 7) is 1.39. The van der Waals surface area contributed by atoms with Gasteiger partial charge in [0.05, 0.1) is 19.1 Å². The highest BCUT2D eigenvalue weighted by Gasteiger charge is 2.38. The molecule has 2 aromatic rings. The molecule has 1 aliphatic heterocycles. The van der Waals surface area contributed by atoms with E-state index in [1.54, 1.807) is 48.5 Å². The van der Waals surface area contributed by atoms with Gasteiger partial charge in [-0.3, -0.25) is 19.8 Å².